The number of carbonyl (C=O) groups is 3. The maximum Gasteiger partial charge on any atom is 0.348 e. The quantitative estimate of drug-likeness (QED) is 0.595. The van der Waals surface area contributed by atoms with Gasteiger partial charge in [0.25, 0.3) is 11.5 Å². The number of fused-ring (bicyclic) bond motifs is 1. The Bertz CT molecular complexity index is 1240. The molecule has 0 aromatic carbocycles. The van der Waals surface area contributed by atoms with Crippen LogP contribution in [-0.2, 0) is 16.0 Å². The van der Waals surface area contributed by atoms with Gasteiger partial charge in [-0.25, -0.2) is 14.6 Å². The normalized spacial score (nSPS) is 10.8. The summed E-state index contributed by atoms with van der Waals surface area (Å²) >= 11 is 2.01. The van der Waals surface area contributed by atoms with E-state index in [1.807, 2.05) is 6.92 Å². The largest absolute Gasteiger partial charge is 0.465 e. The summed E-state index contributed by atoms with van der Waals surface area (Å²) in [5.74, 6) is -1.82. The predicted octanol–water partition coefficient (Wildman–Crippen LogP) is 2.98. The fourth-order valence-corrected chi connectivity index (χ4v) is 5.14. The van der Waals surface area contributed by atoms with Crippen LogP contribution in [-0.4, -0.2) is 41.6 Å². The van der Waals surface area contributed by atoms with Gasteiger partial charge in [-0.1, -0.05) is 0 Å². The fraction of sp³-hybridized carbons (Fsp3) is 0.316. The Balaban J connectivity index is 2.07. The van der Waals surface area contributed by atoms with E-state index in [9.17, 15) is 19.2 Å². The Morgan fingerprint density at radius 3 is 2.33 bits per heavy atom. The lowest BCUT2D eigenvalue weighted by molar-refractivity contribution is 0.0601. The number of aromatic nitrogens is 2. The highest BCUT2D eigenvalue weighted by Gasteiger charge is 2.28. The van der Waals surface area contributed by atoms with E-state index in [1.54, 1.807) is 13.8 Å². The lowest BCUT2D eigenvalue weighted by Crippen LogP contribution is -2.19. The fourth-order valence-electron chi connectivity index (χ4n) is 3.00. The molecule has 0 aliphatic carbocycles. The lowest BCUT2D eigenvalue weighted by Gasteiger charge is -2.05. The van der Waals surface area contributed by atoms with Crippen molar-refractivity contribution < 1.29 is 23.9 Å². The van der Waals surface area contributed by atoms with Crippen LogP contribution in [0.2, 0.25) is 0 Å². The summed E-state index contributed by atoms with van der Waals surface area (Å²) in [6, 6.07) is 0. The first-order valence-electron chi connectivity index (χ1n) is 8.84. The van der Waals surface area contributed by atoms with E-state index < -0.39 is 17.8 Å². The van der Waals surface area contributed by atoms with Crippen molar-refractivity contribution in [1.29, 1.82) is 0 Å². The number of hydrogen-bond acceptors (Lipinski definition) is 9. The van der Waals surface area contributed by atoms with Gasteiger partial charge >= 0.3 is 11.9 Å². The summed E-state index contributed by atoms with van der Waals surface area (Å²) in [7, 11) is 2.44. The number of nitrogens with zero attached hydrogens (tertiary/aromatic N) is 2. The van der Waals surface area contributed by atoms with E-state index in [0.29, 0.717) is 32.8 Å². The predicted molar refractivity (Wildman–Crippen MR) is 114 cm³/mol. The number of anilines is 1. The zero-order valence-corrected chi connectivity index (χ0v) is 18.6. The molecule has 11 heteroatoms. The molecule has 158 valence electrons. The molecule has 1 amide bonds. The monoisotopic (exact) mass is 449 g/mol. The molecule has 0 spiro atoms. The number of amides is 1. The smallest absolute Gasteiger partial charge is 0.348 e. The zero-order chi connectivity index (χ0) is 22.2. The maximum atomic E-state index is 13.0. The summed E-state index contributed by atoms with van der Waals surface area (Å²) in [6.07, 6.45) is 1.45. The van der Waals surface area contributed by atoms with Crippen LogP contribution in [0, 0.1) is 13.8 Å². The van der Waals surface area contributed by atoms with E-state index in [2.05, 4.69) is 10.3 Å². The molecular weight excluding hydrogens is 430 g/mol. The molecule has 3 heterocycles. The van der Waals surface area contributed by atoms with E-state index in [4.69, 9.17) is 9.47 Å². The molecular formula is C19H19N3O6S2. The average molecular weight is 450 g/mol. The van der Waals surface area contributed by atoms with Gasteiger partial charge in [0.15, 0.2) is 0 Å². The van der Waals surface area contributed by atoms with Gasteiger partial charge in [0.2, 0.25) is 0 Å². The number of ether oxygens (including phenoxy) is 2. The number of aryl methyl sites for hydroxylation is 2. The molecule has 3 aromatic heterocycles. The van der Waals surface area contributed by atoms with Gasteiger partial charge in [-0.3, -0.25) is 14.2 Å². The summed E-state index contributed by atoms with van der Waals surface area (Å²) in [5, 5.41) is 3.23. The van der Waals surface area contributed by atoms with Crippen molar-refractivity contribution in [1.82, 2.24) is 9.55 Å². The summed E-state index contributed by atoms with van der Waals surface area (Å²) < 4.78 is 11.0. The zero-order valence-electron chi connectivity index (χ0n) is 16.9. The van der Waals surface area contributed by atoms with E-state index in [-0.39, 0.29) is 21.0 Å². The second kappa shape index (κ2) is 8.36. The van der Waals surface area contributed by atoms with E-state index in [0.717, 1.165) is 22.7 Å². The van der Waals surface area contributed by atoms with Crippen LogP contribution in [0.1, 0.15) is 47.8 Å². The first-order valence-corrected chi connectivity index (χ1v) is 10.5. The van der Waals surface area contributed by atoms with E-state index >= 15 is 0 Å². The number of carbonyl (C=O) groups excluding carboxylic acids is 3. The SMILES string of the molecule is CCn1cnc2sc(C(=O)Nc3sc(C(=O)OC)c(C)c3C(=O)OC)c(C)c2c1=O. The molecule has 1 N–H and O–H groups in total. The van der Waals surface area contributed by atoms with Crippen molar-refractivity contribution >= 4 is 55.7 Å². The number of esters is 2. The van der Waals surface area contributed by atoms with Gasteiger partial charge in [-0.2, -0.15) is 0 Å². The van der Waals surface area contributed by atoms with Crippen LogP contribution in [0.15, 0.2) is 11.1 Å². The van der Waals surface area contributed by atoms with Crippen LogP contribution < -0.4 is 10.9 Å². The topological polar surface area (TPSA) is 117 Å². The van der Waals surface area contributed by atoms with Crippen molar-refractivity contribution in [3.05, 3.63) is 43.1 Å². The second-order valence-corrected chi connectivity index (χ2v) is 8.29. The minimum absolute atomic E-state index is 0.0847. The molecule has 0 atom stereocenters. The Kier molecular flexibility index (Phi) is 6.04. The van der Waals surface area contributed by atoms with Gasteiger partial charge in [0.1, 0.15) is 14.7 Å². The lowest BCUT2D eigenvalue weighted by atomic mass is 10.1. The highest BCUT2D eigenvalue weighted by Crippen LogP contribution is 2.35. The first-order chi connectivity index (χ1) is 14.2. The van der Waals surface area contributed by atoms with Gasteiger partial charge in [0.05, 0.1) is 36.4 Å². The highest BCUT2D eigenvalue weighted by molar-refractivity contribution is 7.21. The summed E-state index contributed by atoms with van der Waals surface area (Å²) in [5.41, 5.74) is 0.732. The van der Waals surface area contributed by atoms with E-state index in [1.165, 1.54) is 25.1 Å². The second-order valence-electron chi connectivity index (χ2n) is 6.27. The Hall–Kier alpha value is -3.05. The van der Waals surface area contributed by atoms with Gasteiger partial charge in [-0.15, -0.1) is 22.7 Å². The summed E-state index contributed by atoms with van der Waals surface area (Å²) in [4.78, 5) is 55.1. The van der Waals surface area contributed by atoms with Crippen molar-refractivity contribution in [2.45, 2.75) is 27.3 Å². The Morgan fingerprint density at radius 1 is 1.07 bits per heavy atom. The standard InChI is InChI=1S/C19H19N3O6S2/c1-6-22-7-20-15-10(17(22)24)8(2)12(29-15)14(23)21-16-11(18(25)27-4)9(3)13(30-16)19(26)28-5/h7H,6H2,1-5H3,(H,21,23). The van der Waals surface area contributed by atoms with Crippen LogP contribution in [0.25, 0.3) is 10.2 Å². The molecule has 0 aliphatic heterocycles. The average Bonchev–Trinajstić information content (AvgIpc) is 3.24. The minimum atomic E-state index is -0.685. The number of hydrogen-bond donors (Lipinski definition) is 1. The van der Waals surface area contributed by atoms with Crippen molar-refractivity contribution in [3.8, 4) is 0 Å². The minimum Gasteiger partial charge on any atom is -0.465 e. The molecule has 0 radical (unpaired) electrons. The molecule has 3 aromatic rings. The third-order valence-corrected chi connectivity index (χ3v) is 6.98. The van der Waals surface area contributed by atoms with Crippen LogP contribution in [0.4, 0.5) is 5.00 Å². The third-order valence-electron chi connectivity index (χ3n) is 4.60. The molecule has 3 rings (SSSR count). The molecule has 0 fully saturated rings. The molecule has 0 aliphatic rings. The maximum absolute atomic E-state index is 13.0. The summed E-state index contributed by atoms with van der Waals surface area (Å²) in [6.45, 7) is 5.55. The van der Waals surface area contributed by atoms with Crippen molar-refractivity contribution in [2.75, 3.05) is 19.5 Å². The molecule has 9 nitrogen and oxygen atoms in total. The Morgan fingerprint density at radius 2 is 1.73 bits per heavy atom. The van der Waals surface area contributed by atoms with Gasteiger partial charge in [0, 0.05) is 6.54 Å². The molecule has 30 heavy (non-hydrogen) atoms. The van der Waals surface area contributed by atoms with Crippen LogP contribution in [0.5, 0.6) is 0 Å². The number of rotatable bonds is 5. The van der Waals surface area contributed by atoms with Crippen molar-refractivity contribution in [2.24, 2.45) is 0 Å². The molecule has 0 saturated heterocycles. The van der Waals surface area contributed by atoms with Gasteiger partial charge in [-0.05, 0) is 31.9 Å². The first kappa shape index (κ1) is 21.7. The Labute approximate surface area is 179 Å². The van der Waals surface area contributed by atoms with Crippen LogP contribution in [0.3, 0.4) is 0 Å². The van der Waals surface area contributed by atoms with Crippen LogP contribution >= 0.6 is 22.7 Å². The third kappa shape index (κ3) is 3.50. The molecule has 0 saturated carbocycles. The number of nitrogens with one attached hydrogen (secondary N) is 1. The highest BCUT2D eigenvalue weighted by atomic mass is 32.1. The van der Waals surface area contributed by atoms with Gasteiger partial charge < -0.3 is 14.8 Å². The molecule has 0 unspecified atom stereocenters. The molecule has 0 bridgehead atoms. The van der Waals surface area contributed by atoms with Crippen molar-refractivity contribution in [3.63, 3.8) is 0 Å². The number of methoxy groups -OCH3 is 2. The number of thiophene rings is 2.